The summed E-state index contributed by atoms with van der Waals surface area (Å²) >= 11 is 3.00. The van der Waals surface area contributed by atoms with Crippen molar-refractivity contribution in [1.82, 2.24) is 9.80 Å². The van der Waals surface area contributed by atoms with Crippen LogP contribution in [-0.2, 0) is 16.2 Å². The number of carbonyl (C=O) groups excluding carboxylic acids is 2. The lowest BCUT2D eigenvalue weighted by Gasteiger charge is -2.19. The minimum atomic E-state index is -0.485. The second-order valence-electron chi connectivity index (χ2n) is 3.96. The van der Waals surface area contributed by atoms with Crippen LogP contribution in [0.15, 0.2) is 35.5 Å². The van der Waals surface area contributed by atoms with Crippen LogP contribution >= 0.6 is 15.9 Å². The van der Waals surface area contributed by atoms with E-state index in [4.69, 9.17) is 4.84 Å². The van der Waals surface area contributed by atoms with Gasteiger partial charge in [-0.05, 0) is 5.56 Å². The molecule has 3 amide bonds. The van der Waals surface area contributed by atoms with Crippen molar-refractivity contribution >= 4 is 34.2 Å². The van der Waals surface area contributed by atoms with Gasteiger partial charge in [0.25, 0.3) is 0 Å². The first kappa shape index (κ1) is 16.2. The zero-order chi connectivity index (χ0) is 15.0. The summed E-state index contributed by atoms with van der Waals surface area (Å²) in [6, 6.07) is 9.05. The van der Waals surface area contributed by atoms with E-state index in [1.54, 1.807) is 0 Å². The number of benzene rings is 1. The molecule has 0 N–H and O–H groups in total. The second kappa shape index (κ2) is 8.31. The van der Waals surface area contributed by atoms with E-state index < -0.39 is 6.03 Å². The summed E-state index contributed by atoms with van der Waals surface area (Å²) in [5.41, 5.74) is 0.977. The Kier molecular flexibility index (Phi) is 6.72. The number of amides is 3. The molecule has 1 rings (SSSR count). The quantitative estimate of drug-likeness (QED) is 0.356. The predicted molar refractivity (Wildman–Crippen MR) is 79.4 cm³/mol. The zero-order valence-electron chi connectivity index (χ0n) is 11.3. The first-order valence-electron chi connectivity index (χ1n) is 5.85. The number of halogens is 1. The Labute approximate surface area is 126 Å². The van der Waals surface area contributed by atoms with Gasteiger partial charge in [-0.3, -0.25) is 14.6 Å². The molecule has 0 atom stereocenters. The van der Waals surface area contributed by atoms with Gasteiger partial charge in [0.2, 0.25) is 5.91 Å². The monoisotopic (exact) mass is 341 g/mol. The van der Waals surface area contributed by atoms with Crippen LogP contribution in [-0.4, -0.2) is 47.5 Å². The lowest BCUT2D eigenvalue weighted by molar-refractivity contribution is -0.124. The van der Waals surface area contributed by atoms with E-state index >= 15 is 0 Å². The van der Waals surface area contributed by atoms with Gasteiger partial charge in [-0.2, -0.15) is 0 Å². The molecule has 0 aliphatic rings. The Morgan fingerprint density at radius 2 is 1.95 bits per heavy atom. The first-order valence-corrected chi connectivity index (χ1v) is 6.97. The Morgan fingerprint density at radius 3 is 2.55 bits per heavy atom. The third-order valence-corrected chi connectivity index (χ3v) is 2.93. The molecular weight excluding hydrogens is 326 g/mol. The van der Waals surface area contributed by atoms with Crippen LogP contribution in [0.1, 0.15) is 5.56 Å². The van der Waals surface area contributed by atoms with Gasteiger partial charge in [0.05, 0.1) is 5.33 Å². The molecule has 0 heterocycles. The van der Waals surface area contributed by atoms with E-state index in [9.17, 15) is 9.59 Å². The van der Waals surface area contributed by atoms with Crippen molar-refractivity contribution in [2.45, 2.75) is 6.61 Å². The summed E-state index contributed by atoms with van der Waals surface area (Å²) in [7, 11) is 2.90. The number of rotatable bonds is 5. The number of nitrogens with zero attached hydrogens (tertiary/aromatic N) is 3. The predicted octanol–water partition coefficient (Wildman–Crippen LogP) is 2.05. The van der Waals surface area contributed by atoms with E-state index in [0.717, 1.165) is 10.5 Å². The molecule has 0 bridgehead atoms. The van der Waals surface area contributed by atoms with Gasteiger partial charge in [0.15, 0.2) is 0 Å². The summed E-state index contributed by atoms with van der Waals surface area (Å²) in [6.07, 6.45) is 1.23. The van der Waals surface area contributed by atoms with Crippen LogP contribution in [0.2, 0.25) is 0 Å². The van der Waals surface area contributed by atoms with Crippen molar-refractivity contribution < 1.29 is 14.4 Å². The van der Waals surface area contributed by atoms with Crippen LogP contribution in [0.25, 0.3) is 0 Å². The maximum absolute atomic E-state index is 11.8. The van der Waals surface area contributed by atoms with Crippen molar-refractivity contribution in [3.05, 3.63) is 35.9 Å². The van der Waals surface area contributed by atoms with Crippen LogP contribution in [0.4, 0.5) is 4.79 Å². The number of oxime groups is 1. The highest BCUT2D eigenvalue weighted by Gasteiger charge is 2.18. The summed E-state index contributed by atoms with van der Waals surface area (Å²) < 4.78 is 0. The fourth-order valence-electron chi connectivity index (χ4n) is 1.27. The average Bonchev–Trinajstić information content (AvgIpc) is 2.50. The van der Waals surface area contributed by atoms with Crippen molar-refractivity contribution in [3.8, 4) is 0 Å². The molecule has 0 fully saturated rings. The van der Waals surface area contributed by atoms with Gasteiger partial charge in [-0.25, -0.2) is 4.79 Å². The molecule has 1 aromatic carbocycles. The Bertz CT molecular complexity index is 479. The van der Waals surface area contributed by atoms with E-state index in [-0.39, 0.29) is 11.2 Å². The summed E-state index contributed by atoms with van der Waals surface area (Å²) in [5, 5.41) is 3.77. The lowest BCUT2D eigenvalue weighted by atomic mass is 10.2. The molecule has 0 unspecified atom stereocenters. The SMILES string of the molecule is CN(/C=N/OCc1ccccc1)C(=O)N(C)C(=O)CBr. The topological polar surface area (TPSA) is 62.2 Å². The molecule has 20 heavy (non-hydrogen) atoms. The largest absolute Gasteiger partial charge is 0.390 e. The summed E-state index contributed by atoms with van der Waals surface area (Å²) in [5.74, 6) is -0.333. The molecule has 0 spiro atoms. The molecular formula is C13H16BrN3O3. The van der Waals surface area contributed by atoms with Gasteiger partial charge < -0.3 is 4.84 Å². The number of urea groups is 1. The molecule has 0 aliphatic heterocycles. The fourth-order valence-corrected chi connectivity index (χ4v) is 1.65. The minimum Gasteiger partial charge on any atom is -0.390 e. The molecule has 7 heteroatoms. The first-order chi connectivity index (χ1) is 9.56. The normalized spacial score (nSPS) is 10.3. The number of carbonyl (C=O) groups is 2. The number of imide groups is 1. The van der Waals surface area contributed by atoms with Crippen molar-refractivity contribution in [1.29, 1.82) is 0 Å². The fraction of sp³-hybridized carbons (Fsp3) is 0.308. The lowest BCUT2D eigenvalue weighted by Crippen LogP contribution is -2.42. The maximum Gasteiger partial charge on any atom is 0.331 e. The molecule has 0 saturated heterocycles. The third-order valence-electron chi connectivity index (χ3n) is 2.45. The summed E-state index contributed by atoms with van der Waals surface area (Å²) in [6.45, 7) is 0.315. The molecule has 0 radical (unpaired) electrons. The number of alkyl halides is 1. The van der Waals surface area contributed by atoms with Gasteiger partial charge in [-0.15, -0.1) is 0 Å². The average molecular weight is 342 g/mol. The Balaban J connectivity index is 2.41. The Morgan fingerprint density at radius 1 is 1.30 bits per heavy atom. The van der Waals surface area contributed by atoms with Crippen LogP contribution in [0.5, 0.6) is 0 Å². The third kappa shape index (κ3) is 5.00. The Hall–Kier alpha value is -1.89. The van der Waals surface area contributed by atoms with Gasteiger partial charge in [0.1, 0.15) is 12.9 Å². The van der Waals surface area contributed by atoms with Crippen molar-refractivity contribution in [2.75, 3.05) is 19.4 Å². The minimum absolute atomic E-state index is 0.0880. The van der Waals surface area contributed by atoms with E-state index in [1.807, 2.05) is 30.3 Å². The van der Waals surface area contributed by atoms with E-state index in [2.05, 4.69) is 21.1 Å². The molecule has 0 saturated carbocycles. The zero-order valence-corrected chi connectivity index (χ0v) is 12.9. The molecule has 108 valence electrons. The molecule has 0 aromatic heterocycles. The van der Waals surface area contributed by atoms with Crippen LogP contribution in [0, 0.1) is 0 Å². The summed E-state index contributed by atoms with van der Waals surface area (Å²) in [4.78, 5) is 30.3. The van der Waals surface area contributed by atoms with Crippen LogP contribution < -0.4 is 0 Å². The van der Waals surface area contributed by atoms with Crippen molar-refractivity contribution in [3.63, 3.8) is 0 Å². The smallest absolute Gasteiger partial charge is 0.331 e. The highest BCUT2D eigenvalue weighted by molar-refractivity contribution is 9.09. The maximum atomic E-state index is 11.8. The van der Waals surface area contributed by atoms with Crippen molar-refractivity contribution in [2.24, 2.45) is 5.16 Å². The van der Waals surface area contributed by atoms with Crippen LogP contribution in [0.3, 0.4) is 0 Å². The van der Waals surface area contributed by atoms with E-state index in [1.165, 1.54) is 25.3 Å². The second-order valence-corrected chi connectivity index (χ2v) is 4.52. The van der Waals surface area contributed by atoms with Gasteiger partial charge >= 0.3 is 6.03 Å². The van der Waals surface area contributed by atoms with E-state index in [0.29, 0.717) is 6.61 Å². The van der Waals surface area contributed by atoms with Gasteiger partial charge in [-0.1, -0.05) is 51.4 Å². The number of hydrogen-bond donors (Lipinski definition) is 0. The highest BCUT2D eigenvalue weighted by atomic mass is 79.9. The number of hydrogen-bond acceptors (Lipinski definition) is 4. The molecule has 0 aliphatic carbocycles. The van der Waals surface area contributed by atoms with Gasteiger partial charge in [0, 0.05) is 14.1 Å². The standard InChI is InChI=1S/C13H16BrN3O3/c1-16(13(19)17(2)12(18)8-14)10-15-20-9-11-6-4-3-5-7-11/h3-7,10H,8-9H2,1-2H3/b15-10+. The molecule has 6 nitrogen and oxygen atoms in total. The highest BCUT2D eigenvalue weighted by Crippen LogP contribution is 2.00. The molecule has 1 aromatic rings.